The van der Waals surface area contributed by atoms with Gasteiger partial charge in [-0.1, -0.05) is 0 Å². The second-order valence-corrected chi connectivity index (χ2v) is 4.19. The first-order chi connectivity index (χ1) is 7.74. The summed E-state index contributed by atoms with van der Waals surface area (Å²) in [6.07, 6.45) is 2.96. The van der Waals surface area contributed by atoms with E-state index in [9.17, 15) is 0 Å². The second-order valence-electron chi connectivity index (χ2n) is 4.19. The molecule has 0 radical (unpaired) electrons. The van der Waals surface area contributed by atoms with Crippen LogP contribution >= 0.6 is 0 Å². The van der Waals surface area contributed by atoms with Crippen LogP contribution in [0.25, 0.3) is 0 Å². The highest BCUT2D eigenvalue weighted by atomic mass is 16.5. The Morgan fingerprint density at radius 2 is 2.44 bits per heavy atom. The highest BCUT2D eigenvalue weighted by molar-refractivity contribution is 5.41. The predicted octanol–water partition coefficient (Wildman–Crippen LogP) is 1.38. The molecule has 1 saturated heterocycles. The molecule has 0 bridgehead atoms. The summed E-state index contributed by atoms with van der Waals surface area (Å²) in [7, 11) is 3.65. The summed E-state index contributed by atoms with van der Waals surface area (Å²) in [5, 5.41) is 8.99. The Kier molecular flexibility index (Phi) is 3.07. The third kappa shape index (κ3) is 2.00. The van der Waals surface area contributed by atoms with E-state index in [0.717, 1.165) is 25.1 Å². The van der Waals surface area contributed by atoms with Crippen LogP contribution in [0.15, 0.2) is 12.3 Å². The minimum Gasteiger partial charge on any atom is -0.480 e. The third-order valence-corrected chi connectivity index (χ3v) is 3.05. The maximum absolute atomic E-state index is 8.99. The first-order valence-corrected chi connectivity index (χ1v) is 5.37. The van der Waals surface area contributed by atoms with Gasteiger partial charge >= 0.3 is 0 Å². The standard InChI is InChI=1S/C12H15N3O/c1-15-4-3-9(8-15)11-5-10(6-13)12(16-2)14-7-11/h5,7,9H,3-4,8H2,1-2H3. The average Bonchev–Trinajstić information content (AvgIpc) is 2.75. The quantitative estimate of drug-likeness (QED) is 0.751. The van der Waals surface area contributed by atoms with E-state index in [0.29, 0.717) is 17.4 Å². The Bertz CT molecular complexity index is 425. The predicted molar refractivity (Wildman–Crippen MR) is 60.4 cm³/mol. The van der Waals surface area contributed by atoms with Crippen LogP contribution in [-0.4, -0.2) is 37.1 Å². The van der Waals surface area contributed by atoms with Crippen molar-refractivity contribution >= 4 is 0 Å². The lowest BCUT2D eigenvalue weighted by atomic mass is 9.99. The van der Waals surface area contributed by atoms with Crippen molar-refractivity contribution in [2.45, 2.75) is 12.3 Å². The van der Waals surface area contributed by atoms with Gasteiger partial charge in [0.05, 0.1) is 7.11 Å². The Hall–Kier alpha value is -1.60. The molecule has 4 heteroatoms. The smallest absolute Gasteiger partial charge is 0.231 e. The number of hydrogen-bond donors (Lipinski definition) is 0. The van der Waals surface area contributed by atoms with Gasteiger partial charge in [0.2, 0.25) is 5.88 Å². The van der Waals surface area contributed by atoms with E-state index in [2.05, 4.69) is 23.0 Å². The molecule has 2 rings (SSSR count). The first-order valence-electron chi connectivity index (χ1n) is 5.37. The van der Waals surface area contributed by atoms with E-state index in [1.54, 1.807) is 0 Å². The van der Waals surface area contributed by atoms with E-state index in [-0.39, 0.29) is 0 Å². The molecule has 0 N–H and O–H groups in total. The number of nitriles is 1. The molecule has 1 aromatic rings. The molecule has 0 spiro atoms. The SMILES string of the molecule is COc1ncc(C2CCN(C)C2)cc1C#N. The first kappa shape index (κ1) is 10.9. The molecule has 0 aliphatic carbocycles. The van der Waals surface area contributed by atoms with Gasteiger partial charge < -0.3 is 9.64 Å². The van der Waals surface area contributed by atoms with Gasteiger partial charge in [-0.3, -0.25) is 0 Å². The fourth-order valence-electron chi connectivity index (χ4n) is 2.14. The summed E-state index contributed by atoms with van der Waals surface area (Å²) in [5.41, 5.74) is 1.66. The van der Waals surface area contributed by atoms with Crippen molar-refractivity contribution in [2.75, 3.05) is 27.2 Å². The Morgan fingerprint density at radius 1 is 1.62 bits per heavy atom. The summed E-state index contributed by atoms with van der Waals surface area (Å²) in [5.74, 6) is 0.910. The number of likely N-dealkylation sites (tertiary alicyclic amines) is 1. The summed E-state index contributed by atoms with van der Waals surface area (Å²) >= 11 is 0. The van der Waals surface area contributed by atoms with Gasteiger partial charge in [0.25, 0.3) is 0 Å². The molecule has 0 amide bonds. The number of likely N-dealkylation sites (N-methyl/N-ethyl adjacent to an activating group) is 1. The highest BCUT2D eigenvalue weighted by Crippen LogP contribution is 2.28. The monoisotopic (exact) mass is 217 g/mol. The van der Waals surface area contributed by atoms with E-state index in [1.165, 1.54) is 7.11 Å². The molecule has 4 nitrogen and oxygen atoms in total. The topological polar surface area (TPSA) is 49.1 Å². The zero-order valence-electron chi connectivity index (χ0n) is 9.60. The van der Waals surface area contributed by atoms with Crippen molar-refractivity contribution < 1.29 is 4.74 Å². The molecular weight excluding hydrogens is 202 g/mol. The molecule has 1 aromatic heterocycles. The van der Waals surface area contributed by atoms with Crippen molar-refractivity contribution in [1.82, 2.24) is 9.88 Å². The Morgan fingerprint density at radius 3 is 3.00 bits per heavy atom. The van der Waals surface area contributed by atoms with Crippen molar-refractivity contribution in [1.29, 1.82) is 5.26 Å². The summed E-state index contributed by atoms with van der Waals surface area (Å²) in [4.78, 5) is 6.47. The van der Waals surface area contributed by atoms with Crippen LogP contribution in [0.4, 0.5) is 0 Å². The minimum atomic E-state index is 0.414. The van der Waals surface area contributed by atoms with Crippen LogP contribution in [-0.2, 0) is 0 Å². The fourth-order valence-corrected chi connectivity index (χ4v) is 2.14. The number of nitrogens with zero attached hydrogens (tertiary/aromatic N) is 3. The molecule has 16 heavy (non-hydrogen) atoms. The van der Waals surface area contributed by atoms with Gasteiger partial charge in [0.1, 0.15) is 11.6 Å². The van der Waals surface area contributed by atoms with Crippen LogP contribution in [0.3, 0.4) is 0 Å². The molecule has 84 valence electrons. The summed E-state index contributed by atoms with van der Waals surface area (Å²) < 4.78 is 5.03. The van der Waals surface area contributed by atoms with Crippen molar-refractivity contribution in [2.24, 2.45) is 0 Å². The lowest BCUT2D eigenvalue weighted by Gasteiger charge is -2.11. The largest absolute Gasteiger partial charge is 0.480 e. The van der Waals surface area contributed by atoms with Crippen LogP contribution < -0.4 is 4.74 Å². The van der Waals surface area contributed by atoms with E-state index < -0.39 is 0 Å². The van der Waals surface area contributed by atoms with Gasteiger partial charge in [-0.15, -0.1) is 0 Å². The maximum atomic E-state index is 8.99. The summed E-state index contributed by atoms with van der Waals surface area (Å²) in [6.45, 7) is 2.15. The van der Waals surface area contributed by atoms with Crippen molar-refractivity contribution in [3.05, 3.63) is 23.4 Å². The van der Waals surface area contributed by atoms with E-state index >= 15 is 0 Å². The number of pyridine rings is 1. The van der Waals surface area contributed by atoms with Crippen molar-refractivity contribution in [3.8, 4) is 11.9 Å². The van der Waals surface area contributed by atoms with Gasteiger partial charge in [-0.05, 0) is 37.6 Å². The second kappa shape index (κ2) is 4.50. The van der Waals surface area contributed by atoms with Gasteiger partial charge in [-0.25, -0.2) is 4.98 Å². The Labute approximate surface area is 95.5 Å². The van der Waals surface area contributed by atoms with E-state index in [1.807, 2.05) is 12.3 Å². The molecule has 1 unspecified atom stereocenters. The molecule has 0 saturated carbocycles. The van der Waals surface area contributed by atoms with Crippen molar-refractivity contribution in [3.63, 3.8) is 0 Å². The Balaban J connectivity index is 2.26. The number of aromatic nitrogens is 1. The van der Waals surface area contributed by atoms with Crippen LogP contribution in [0.5, 0.6) is 5.88 Å². The number of hydrogen-bond acceptors (Lipinski definition) is 4. The zero-order valence-corrected chi connectivity index (χ0v) is 9.60. The lowest BCUT2D eigenvalue weighted by molar-refractivity contribution is 0.395. The molecule has 1 fully saturated rings. The molecule has 0 aromatic carbocycles. The summed E-state index contributed by atoms with van der Waals surface area (Å²) in [6, 6.07) is 4.02. The van der Waals surface area contributed by atoms with Gasteiger partial charge in [0.15, 0.2) is 0 Å². The highest BCUT2D eigenvalue weighted by Gasteiger charge is 2.22. The minimum absolute atomic E-state index is 0.414. The molecule has 1 atom stereocenters. The van der Waals surface area contributed by atoms with E-state index in [4.69, 9.17) is 10.00 Å². The normalized spacial score (nSPS) is 20.7. The molecular formula is C12H15N3O. The van der Waals surface area contributed by atoms with Gasteiger partial charge in [-0.2, -0.15) is 5.26 Å². The number of ether oxygens (including phenoxy) is 1. The zero-order chi connectivity index (χ0) is 11.5. The lowest BCUT2D eigenvalue weighted by Crippen LogP contribution is -2.13. The van der Waals surface area contributed by atoms with Crippen LogP contribution in [0.2, 0.25) is 0 Å². The maximum Gasteiger partial charge on any atom is 0.231 e. The molecule has 1 aliphatic rings. The van der Waals surface area contributed by atoms with Gasteiger partial charge in [0, 0.05) is 12.7 Å². The molecule has 2 heterocycles. The van der Waals surface area contributed by atoms with Crippen LogP contribution in [0, 0.1) is 11.3 Å². The fraction of sp³-hybridized carbons (Fsp3) is 0.500. The average molecular weight is 217 g/mol. The molecule has 1 aliphatic heterocycles. The van der Waals surface area contributed by atoms with Crippen LogP contribution in [0.1, 0.15) is 23.5 Å². The number of rotatable bonds is 2. The third-order valence-electron chi connectivity index (χ3n) is 3.05. The number of methoxy groups -OCH3 is 1.